The Kier molecular flexibility index (Phi) is 8.02. The molecule has 166 valence electrons. The smallest absolute Gasteiger partial charge is 0.264 e. The molecule has 0 radical (unpaired) electrons. The number of anilines is 1. The van der Waals surface area contributed by atoms with Crippen molar-refractivity contribution in [3.63, 3.8) is 0 Å². The Hall–Kier alpha value is -3.17. The van der Waals surface area contributed by atoms with Crippen molar-refractivity contribution in [2.75, 3.05) is 17.5 Å². The fourth-order valence-electron chi connectivity index (χ4n) is 2.88. The minimum atomic E-state index is -4.04. The van der Waals surface area contributed by atoms with Crippen LogP contribution in [0.25, 0.3) is 0 Å². The van der Waals surface area contributed by atoms with Gasteiger partial charge >= 0.3 is 0 Å². The summed E-state index contributed by atoms with van der Waals surface area (Å²) in [6.45, 7) is 1.67. The lowest BCUT2D eigenvalue weighted by atomic mass is 10.2. The number of benzene rings is 3. The lowest BCUT2D eigenvalue weighted by Gasteiger charge is -2.25. The number of ether oxygens (including phenoxy) is 1. The number of hydrazone groups is 1. The number of carbonyl (C=O) groups excluding carboxylic acids is 1. The lowest BCUT2D eigenvalue weighted by Crippen LogP contribution is -2.39. The molecule has 3 aromatic carbocycles. The molecule has 0 saturated heterocycles. The van der Waals surface area contributed by atoms with Crippen LogP contribution in [0.2, 0.25) is 0 Å². The van der Waals surface area contributed by atoms with E-state index in [2.05, 4.69) is 26.5 Å². The van der Waals surface area contributed by atoms with Crippen LogP contribution in [-0.4, -0.2) is 33.7 Å². The van der Waals surface area contributed by atoms with Crippen molar-refractivity contribution in [1.82, 2.24) is 5.43 Å². The summed E-state index contributed by atoms with van der Waals surface area (Å²) in [6, 6.07) is 22.0. The van der Waals surface area contributed by atoms with Crippen molar-refractivity contribution in [2.45, 2.75) is 11.8 Å². The second-order valence-corrected chi connectivity index (χ2v) is 9.26. The van der Waals surface area contributed by atoms with Gasteiger partial charge in [0.1, 0.15) is 12.3 Å². The first kappa shape index (κ1) is 23.5. The quantitative estimate of drug-likeness (QED) is 0.341. The zero-order valence-electron chi connectivity index (χ0n) is 17.3. The summed E-state index contributed by atoms with van der Waals surface area (Å²) in [5.74, 6) is -0.238. The van der Waals surface area contributed by atoms with Gasteiger partial charge in [-0.25, -0.2) is 13.8 Å². The molecule has 0 heterocycles. The van der Waals surface area contributed by atoms with Crippen LogP contribution in [0.4, 0.5) is 5.69 Å². The highest BCUT2D eigenvalue weighted by molar-refractivity contribution is 9.10. The van der Waals surface area contributed by atoms with E-state index in [-0.39, 0.29) is 10.6 Å². The number of halogens is 1. The molecule has 1 amide bonds. The summed E-state index contributed by atoms with van der Waals surface area (Å²) in [5, 5.41) is 3.96. The van der Waals surface area contributed by atoms with Crippen molar-refractivity contribution in [2.24, 2.45) is 5.10 Å². The first-order chi connectivity index (χ1) is 15.4. The maximum Gasteiger partial charge on any atom is 0.264 e. The number of hydrogen-bond donors (Lipinski definition) is 1. The highest BCUT2D eigenvalue weighted by Crippen LogP contribution is 2.32. The molecule has 0 saturated carbocycles. The van der Waals surface area contributed by atoms with E-state index in [1.165, 1.54) is 18.3 Å². The topological polar surface area (TPSA) is 88.1 Å². The fraction of sp³-hybridized carbons (Fsp3) is 0.130. The molecular weight excluding hydrogens is 494 g/mol. The Morgan fingerprint density at radius 3 is 2.41 bits per heavy atom. The summed E-state index contributed by atoms with van der Waals surface area (Å²) >= 11 is 3.40. The number of rotatable bonds is 9. The van der Waals surface area contributed by atoms with Gasteiger partial charge in [-0.1, -0.05) is 64.5 Å². The van der Waals surface area contributed by atoms with Crippen molar-refractivity contribution in [3.05, 3.63) is 88.9 Å². The van der Waals surface area contributed by atoms with Crippen molar-refractivity contribution in [3.8, 4) is 5.75 Å². The first-order valence-electron chi connectivity index (χ1n) is 9.79. The Labute approximate surface area is 195 Å². The number of nitrogens with zero attached hydrogens (tertiary/aromatic N) is 2. The molecule has 0 aliphatic heterocycles. The Bertz CT molecular complexity index is 1200. The monoisotopic (exact) mass is 515 g/mol. The number of hydrogen-bond acceptors (Lipinski definition) is 5. The molecule has 3 rings (SSSR count). The van der Waals surface area contributed by atoms with Crippen molar-refractivity contribution >= 4 is 43.8 Å². The van der Waals surface area contributed by atoms with Gasteiger partial charge in [0.05, 0.1) is 23.4 Å². The van der Waals surface area contributed by atoms with Crippen LogP contribution in [-0.2, 0) is 14.8 Å². The zero-order chi connectivity index (χ0) is 23.0. The second-order valence-electron chi connectivity index (χ2n) is 6.54. The lowest BCUT2D eigenvalue weighted by molar-refractivity contribution is -0.119. The molecule has 32 heavy (non-hydrogen) atoms. The van der Waals surface area contributed by atoms with Gasteiger partial charge in [0, 0.05) is 10.0 Å². The molecule has 7 nitrogen and oxygen atoms in total. The molecule has 0 aliphatic rings. The first-order valence-corrected chi connectivity index (χ1v) is 12.0. The molecular formula is C23H22BrN3O4S. The van der Waals surface area contributed by atoms with E-state index in [0.29, 0.717) is 12.4 Å². The van der Waals surface area contributed by atoms with Crippen molar-refractivity contribution in [1.29, 1.82) is 0 Å². The van der Waals surface area contributed by atoms with Gasteiger partial charge in [0.25, 0.3) is 15.9 Å². The normalized spacial score (nSPS) is 11.3. The Morgan fingerprint density at radius 1 is 1.03 bits per heavy atom. The van der Waals surface area contributed by atoms with Crippen LogP contribution in [0.1, 0.15) is 12.5 Å². The van der Waals surface area contributed by atoms with Gasteiger partial charge < -0.3 is 4.74 Å². The van der Waals surface area contributed by atoms with E-state index in [1.54, 1.807) is 49.4 Å². The Morgan fingerprint density at radius 2 is 1.69 bits per heavy atom. The number of carbonyl (C=O) groups is 1. The van der Waals surface area contributed by atoms with Crippen LogP contribution < -0.4 is 14.5 Å². The molecule has 0 bridgehead atoms. The highest BCUT2D eigenvalue weighted by Gasteiger charge is 2.29. The second kappa shape index (κ2) is 10.9. The number of amides is 1. The molecule has 0 atom stereocenters. The van der Waals surface area contributed by atoms with E-state index >= 15 is 0 Å². The largest absolute Gasteiger partial charge is 0.492 e. The van der Waals surface area contributed by atoms with Gasteiger partial charge in [-0.2, -0.15) is 5.10 Å². The van der Waals surface area contributed by atoms with Crippen LogP contribution in [0.3, 0.4) is 0 Å². The summed E-state index contributed by atoms with van der Waals surface area (Å²) < 4.78 is 34.3. The number of para-hydroxylation sites is 2. The van der Waals surface area contributed by atoms with Crippen LogP contribution in [0.15, 0.2) is 93.3 Å². The van der Waals surface area contributed by atoms with E-state index < -0.39 is 22.5 Å². The molecule has 0 unspecified atom stereocenters. The van der Waals surface area contributed by atoms with E-state index in [1.807, 2.05) is 24.3 Å². The molecule has 9 heteroatoms. The maximum absolute atomic E-state index is 13.4. The van der Waals surface area contributed by atoms with Crippen molar-refractivity contribution < 1.29 is 17.9 Å². The SMILES string of the molecule is CCOc1ccccc1N(CC(=O)N/N=C\c1ccccc1Br)S(=O)(=O)c1ccccc1. The minimum Gasteiger partial charge on any atom is -0.492 e. The van der Waals surface area contributed by atoms with Crippen LogP contribution >= 0.6 is 15.9 Å². The predicted molar refractivity (Wildman–Crippen MR) is 128 cm³/mol. The van der Waals surface area contributed by atoms with E-state index in [9.17, 15) is 13.2 Å². The number of nitrogens with one attached hydrogen (secondary N) is 1. The number of sulfonamides is 1. The van der Waals surface area contributed by atoms with Gasteiger partial charge in [-0.05, 0) is 37.3 Å². The summed E-state index contributed by atoms with van der Waals surface area (Å²) in [4.78, 5) is 12.7. The fourth-order valence-corrected chi connectivity index (χ4v) is 4.72. The van der Waals surface area contributed by atoms with Crippen LogP contribution in [0, 0.1) is 0 Å². The predicted octanol–water partition coefficient (Wildman–Crippen LogP) is 4.19. The third-order valence-electron chi connectivity index (χ3n) is 4.35. The third kappa shape index (κ3) is 5.74. The minimum absolute atomic E-state index is 0.0656. The van der Waals surface area contributed by atoms with Crippen LogP contribution in [0.5, 0.6) is 5.75 Å². The van der Waals surface area contributed by atoms with E-state index in [4.69, 9.17) is 4.74 Å². The summed E-state index contributed by atoms with van der Waals surface area (Å²) in [7, 11) is -4.04. The molecule has 0 spiro atoms. The average Bonchev–Trinajstić information content (AvgIpc) is 2.80. The average molecular weight is 516 g/mol. The molecule has 0 aliphatic carbocycles. The molecule has 3 aromatic rings. The molecule has 1 N–H and O–H groups in total. The van der Waals surface area contributed by atoms with Gasteiger partial charge in [0.2, 0.25) is 0 Å². The van der Waals surface area contributed by atoms with Gasteiger partial charge in [0.15, 0.2) is 0 Å². The molecule has 0 fully saturated rings. The van der Waals surface area contributed by atoms with Gasteiger partial charge in [-0.3, -0.25) is 9.10 Å². The van der Waals surface area contributed by atoms with Gasteiger partial charge in [-0.15, -0.1) is 0 Å². The standard InChI is InChI=1S/C23H22BrN3O4S/c1-2-31-22-15-9-8-14-21(22)27(32(29,30)19-11-4-3-5-12-19)17-23(28)26-25-16-18-10-6-7-13-20(18)24/h3-16H,2,17H2,1H3,(H,26,28)/b25-16-. The third-order valence-corrected chi connectivity index (χ3v) is 6.85. The zero-order valence-corrected chi connectivity index (χ0v) is 19.7. The molecule has 0 aromatic heterocycles. The van der Waals surface area contributed by atoms with E-state index in [0.717, 1.165) is 14.3 Å². The highest BCUT2D eigenvalue weighted by atomic mass is 79.9. The Balaban J connectivity index is 1.90. The summed E-state index contributed by atoms with van der Waals surface area (Å²) in [5.41, 5.74) is 3.43. The summed E-state index contributed by atoms with van der Waals surface area (Å²) in [6.07, 6.45) is 1.48. The maximum atomic E-state index is 13.4.